The summed E-state index contributed by atoms with van der Waals surface area (Å²) < 4.78 is 33.2. The Morgan fingerprint density at radius 2 is 2.05 bits per heavy atom. The fraction of sp³-hybridized carbons (Fsp3) is 0.462. The van der Waals surface area contributed by atoms with Crippen LogP contribution < -0.4 is 10.5 Å². The molecule has 21 heavy (non-hydrogen) atoms. The van der Waals surface area contributed by atoms with Crippen LogP contribution in [0.2, 0.25) is 0 Å². The van der Waals surface area contributed by atoms with Gasteiger partial charge in [-0.05, 0) is 27.7 Å². The SMILES string of the molecule is Cc1cnc(C(C)NS(=O)(=O)c2c(C)oc(C)c2CN)s1. The molecule has 1 unspecified atom stereocenters. The van der Waals surface area contributed by atoms with Crippen LogP contribution in [-0.4, -0.2) is 13.4 Å². The second-order valence-electron chi connectivity index (χ2n) is 4.88. The number of hydrogen-bond donors (Lipinski definition) is 2. The summed E-state index contributed by atoms with van der Waals surface area (Å²) in [5.74, 6) is 0.885. The van der Waals surface area contributed by atoms with Gasteiger partial charge < -0.3 is 10.2 Å². The van der Waals surface area contributed by atoms with Crippen LogP contribution in [0.15, 0.2) is 15.5 Å². The molecule has 2 aromatic heterocycles. The molecule has 0 bridgehead atoms. The number of nitrogens with zero attached hydrogens (tertiary/aromatic N) is 1. The maximum atomic E-state index is 12.6. The first-order valence-corrected chi connectivity index (χ1v) is 8.79. The first-order chi connectivity index (χ1) is 9.76. The molecule has 0 fully saturated rings. The third kappa shape index (κ3) is 3.18. The van der Waals surface area contributed by atoms with Crippen molar-refractivity contribution >= 4 is 21.4 Å². The van der Waals surface area contributed by atoms with Crippen molar-refractivity contribution in [1.29, 1.82) is 0 Å². The number of nitrogens with two attached hydrogens (primary N) is 1. The van der Waals surface area contributed by atoms with Gasteiger partial charge >= 0.3 is 0 Å². The second kappa shape index (κ2) is 5.88. The number of thiazole rings is 1. The average Bonchev–Trinajstić information content (AvgIpc) is 2.92. The molecule has 8 heteroatoms. The molecular weight excluding hydrogens is 310 g/mol. The summed E-state index contributed by atoms with van der Waals surface area (Å²) in [6.45, 7) is 7.14. The van der Waals surface area contributed by atoms with Gasteiger partial charge in [0.25, 0.3) is 0 Å². The molecule has 0 spiro atoms. The molecule has 2 rings (SSSR count). The van der Waals surface area contributed by atoms with Crippen molar-refractivity contribution < 1.29 is 12.8 Å². The van der Waals surface area contributed by atoms with Gasteiger partial charge in [0.1, 0.15) is 21.4 Å². The van der Waals surface area contributed by atoms with Crippen molar-refractivity contribution in [1.82, 2.24) is 9.71 Å². The highest BCUT2D eigenvalue weighted by molar-refractivity contribution is 7.89. The Balaban J connectivity index is 2.35. The molecule has 116 valence electrons. The fourth-order valence-electron chi connectivity index (χ4n) is 2.21. The summed E-state index contributed by atoms with van der Waals surface area (Å²) in [5.41, 5.74) is 6.16. The van der Waals surface area contributed by atoms with Crippen LogP contribution in [0.3, 0.4) is 0 Å². The third-order valence-electron chi connectivity index (χ3n) is 3.14. The van der Waals surface area contributed by atoms with Gasteiger partial charge in [0.05, 0.1) is 6.04 Å². The van der Waals surface area contributed by atoms with E-state index in [2.05, 4.69) is 9.71 Å². The number of rotatable bonds is 5. The fourth-order valence-corrected chi connectivity index (χ4v) is 4.73. The molecule has 0 saturated heterocycles. The Kier molecular flexibility index (Phi) is 4.52. The van der Waals surface area contributed by atoms with E-state index in [0.29, 0.717) is 17.1 Å². The first kappa shape index (κ1) is 16.2. The first-order valence-electron chi connectivity index (χ1n) is 6.50. The molecule has 2 aromatic rings. The standard InChI is InChI=1S/C13H19N3O3S2/c1-7-6-15-13(20-7)8(2)16-21(17,18)12-10(4)19-9(3)11(12)5-14/h6,8,16H,5,14H2,1-4H3. The largest absolute Gasteiger partial charge is 0.465 e. The Morgan fingerprint density at radius 3 is 2.57 bits per heavy atom. The van der Waals surface area contributed by atoms with Crippen molar-refractivity contribution in [2.45, 2.75) is 45.2 Å². The smallest absolute Gasteiger partial charge is 0.245 e. The number of aryl methyl sites for hydroxylation is 3. The van der Waals surface area contributed by atoms with Crippen LogP contribution in [0.4, 0.5) is 0 Å². The zero-order valence-electron chi connectivity index (χ0n) is 12.4. The number of furan rings is 1. The molecule has 1 atom stereocenters. The van der Waals surface area contributed by atoms with Gasteiger partial charge in [-0.15, -0.1) is 11.3 Å². The zero-order chi connectivity index (χ0) is 15.8. The number of aromatic nitrogens is 1. The molecule has 0 aliphatic rings. The minimum atomic E-state index is -3.71. The molecular formula is C13H19N3O3S2. The maximum absolute atomic E-state index is 12.6. The van der Waals surface area contributed by atoms with Crippen molar-refractivity contribution in [2.75, 3.05) is 0 Å². The minimum Gasteiger partial charge on any atom is -0.465 e. The Hall–Kier alpha value is -1.22. The van der Waals surface area contributed by atoms with Crippen molar-refractivity contribution in [3.63, 3.8) is 0 Å². The van der Waals surface area contributed by atoms with Crippen LogP contribution in [0.5, 0.6) is 0 Å². The summed E-state index contributed by atoms with van der Waals surface area (Å²) in [6, 6.07) is -0.408. The van der Waals surface area contributed by atoms with Gasteiger partial charge in [-0.2, -0.15) is 0 Å². The quantitative estimate of drug-likeness (QED) is 0.876. The number of hydrogen-bond acceptors (Lipinski definition) is 6. The highest BCUT2D eigenvalue weighted by Gasteiger charge is 2.28. The third-order valence-corrected chi connectivity index (χ3v) is 5.97. The van der Waals surface area contributed by atoms with Gasteiger partial charge in [0.2, 0.25) is 10.0 Å². The van der Waals surface area contributed by atoms with E-state index in [1.807, 2.05) is 6.92 Å². The molecule has 0 aromatic carbocycles. The van der Waals surface area contributed by atoms with Gasteiger partial charge in [-0.25, -0.2) is 18.1 Å². The summed E-state index contributed by atoms with van der Waals surface area (Å²) in [5, 5.41) is 0.725. The molecule has 0 radical (unpaired) electrons. The van der Waals surface area contributed by atoms with Crippen molar-refractivity contribution in [2.24, 2.45) is 5.73 Å². The van der Waals surface area contributed by atoms with E-state index in [0.717, 1.165) is 9.88 Å². The second-order valence-corrected chi connectivity index (χ2v) is 7.80. The van der Waals surface area contributed by atoms with Crippen LogP contribution in [-0.2, 0) is 16.6 Å². The maximum Gasteiger partial charge on any atom is 0.245 e. The minimum absolute atomic E-state index is 0.115. The summed E-state index contributed by atoms with van der Waals surface area (Å²) in [6.07, 6.45) is 1.73. The van der Waals surface area contributed by atoms with Crippen LogP contribution in [0, 0.1) is 20.8 Å². The average molecular weight is 329 g/mol. The summed E-state index contributed by atoms with van der Waals surface area (Å²) in [4.78, 5) is 5.38. The zero-order valence-corrected chi connectivity index (χ0v) is 14.1. The van der Waals surface area contributed by atoms with E-state index in [1.54, 1.807) is 27.0 Å². The van der Waals surface area contributed by atoms with E-state index in [-0.39, 0.29) is 11.4 Å². The summed E-state index contributed by atoms with van der Waals surface area (Å²) >= 11 is 1.46. The molecule has 3 N–H and O–H groups in total. The van der Waals surface area contributed by atoms with Gasteiger partial charge in [-0.1, -0.05) is 0 Å². The number of nitrogens with one attached hydrogen (secondary N) is 1. The van der Waals surface area contributed by atoms with Crippen molar-refractivity contribution in [3.8, 4) is 0 Å². The monoisotopic (exact) mass is 329 g/mol. The lowest BCUT2D eigenvalue weighted by Crippen LogP contribution is -2.28. The normalized spacial score (nSPS) is 13.6. The van der Waals surface area contributed by atoms with Gasteiger partial charge in [0, 0.05) is 23.2 Å². The van der Waals surface area contributed by atoms with E-state index in [1.165, 1.54) is 11.3 Å². The van der Waals surface area contributed by atoms with Crippen molar-refractivity contribution in [3.05, 3.63) is 33.2 Å². The molecule has 0 amide bonds. The van der Waals surface area contributed by atoms with Gasteiger partial charge in [0.15, 0.2) is 0 Å². The molecule has 6 nitrogen and oxygen atoms in total. The lowest BCUT2D eigenvalue weighted by atomic mass is 10.2. The Labute approximate surface area is 128 Å². The molecule has 0 aliphatic carbocycles. The van der Waals surface area contributed by atoms with E-state index in [4.69, 9.17) is 10.2 Å². The van der Waals surface area contributed by atoms with E-state index < -0.39 is 16.1 Å². The molecule has 2 heterocycles. The Morgan fingerprint density at radius 1 is 1.38 bits per heavy atom. The molecule has 0 aliphatic heterocycles. The van der Waals surface area contributed by atoms with Crippen LogP contribution >= 0.6 is 11.3 Å². The predicted octanol–water partition coefficient (Wildman–Crippen LogP) is 2.16. The Bertz CT molecular complexity index is 747. The topological polar surface area (TPSA) is 98.2 Å². The van der Waals surface area contributed by atoms with Crippen LogP contribution in [0.25, 0.3) is 0 Å². The lowest BCUT2D eigenvalue weighted by Gasteiger charge is -2.12. The highest BCUT2D eigenvalue weighted by Crippen LogP contribution is 2.28. The lowest BCUT2D eigenvalue weighted by molar-refractivity contribution is 0.493. The van der Waals surface area contributed by atoms with Crippen LogP contribution in [0.1, 0.15) is 39.9 Å². The highest BCUT2D eigenvalue weighted by atomic mass is 32.2. The molecule has 0 saturated carbocycles. The summed E-state index contributed by atoms with van der Waals surface area (Å²) in [7, 11) is -3.71. The predicted molar refractivity (Wildman–Crippen MR) is 81.7 cm³/mol. The van der Waals surface area contributed by atoms with E-state index in [9.17, 15) is 8.42 Å². The van der Waals surface area contributed by atoms with E-state index >= 15 is 0 Å². The van der Waals surface area contributed by atoms with Gasteiger partial charge in [-0.3, -0.25) is 0 Å². The number of sulfonamides is 1.